The molecule has 0 aliphatic heterocycles. The molecule has 7 nitrogen and oxygen atoms in total. The molecule has 0 aliphatic rings. The van der Waals surface area contributed by atoms with Crippen LogP contribution in [0.25, 0.3) is 0 Å². The summed E-state index contributed by atoms with van der Waals surface area (Å²) in [6.45, 7) is 7.35. The first-order valence-corrected chi connectivity index (χ1v) is 12.9. The van der Waals surface area contributed by atoms with E-state index < -0.39 is 28.5 Å². The van der Waals surface area contributed by atoms with E-state index in [1.807, 2.05) is 44.2 Å². The highest BCUT2D eigenvalue weighted by molar-refractivity contribution is 9.10. The Labute approximate surface area is 199 Å². The van der Waals surface area contributed by atoms with Gasteiger partial charge < -0.3 is 10.2 Å². The van der Waals surface area contributed by atoms with E-state index in [9.17, 15) is 18.0 Å². The van der Waals surface area contributed by atoms with Crippen LogP contribution >= 0.6 is 15.9 Å². The van der Waals surface area contributed by atoms with Crippen LogP contribution in [0.5, 0.6) is 0 Å². The van der Waals surface area contributed by atoms with E-state index in [-0.39, 0.29) is 12.5 Å². The molecule has 0 aromatic heterocycles. The van der Waals surface area contributed by atoms with Gasteiger partial charge in [-0.25, -0.2) is 8.42 Å². The number of aryl methyl sites for hydroxylation is 1. The Morgan fingerprint density at radius 1 is 1.12 bits per heavy atom. The molecule has 1 N–H and O–H groups in total. The third-order valence-electron chi connectivity index (χ3n) is 5.28. The maximum atomic E-state index is 13.4. The molecule has 1 atom stereocenters. The Morgan fingerprint density at radius 3 is 2.38 bits per heavy atom. The molecule has 0 saturated carbocycles. The lowest BCUT2D eigenvalue weighted by Crippen LogP contribution is -2.51. The quantitative estimate of drug-likeness (QED) is 0.545. The number of nitrogens with one attached hydrogen (secondary N) is 1. The predicted molar refractivity (Wildman–Crippen MR) is 131 cm³/mol. The van der Waals surface area contributed by atoms with Gasteiger partial charge in [0.25, 0.3) is 0 Å². The number of benzene rings is 2. The normalized spacial score (nSPS) is 12.2. The second kappa shape index (κ2) is 11.0. The Morgan fingerprint density at radius 2 is 1.78 bits per heavy atom. The van der Waals surface area contributed by atoms with E-state index in [4.69, 9.17) is 0 Å². The smallest absolute Gasteiger partial charge is 0.244 e. The zero-order valence-electron chi connectivity index (χ0n) is 19.1. The SMILES string of the molecule is CCNC(=O)[C@@H](C)N(Cc1cccc(Br)c1)C(=O)CN(c1cccc(C)c1C)S(C)(=O)=O. The number of anilines is 1. The van der Waals surface area contributed by atoms with Crippen LogP contribution in [-0.4, -0.2) is 50.5 Å². The highest BCUT2D eigenvalue weighted by atomic mass is 79.9. The van der Waals surface area contributed by atoms with Gasteiger partial charge in [-0.15, -0.1) is 0 Å². The molecule has 0 aliphatic carbocycles. The Hall–Kier alpha value is -2.39. The predicted octanol–water partition coefficient (Wildman–Crippen LogP) is 3.39. The van der Waals surface area contributed by atoms with Crippen molar-refractivity contribution in [3.8, 4) is 0 Å². The largest absolute Gasteiger partial charge is 0.355 e. The van der Waals surface area contributed by atoms with Crippen molar-refractivity contribution in [2.45, 2.75) is 40.3 Å². The average molecular weight is 524 g/mol. The fourth-order valence-corrected chi connectivity index (χ4v) is 4.68. The number of hydrogen-bond acceptors (Lipinski definition) is 4. The summed E-state index contributed by atoms with van der Waals surface area (Å²) in [7, 11) is -3.74. The van der Waals surface area contributed by atoms with E-state index >= 15 is 0 Å². The summed E-state index contributed by atoms with van der Waals surface area (Å²) in [5.41, 5.74) is 2.97. The first-order chi connectivity index (χ1) is 15.0. The molecule has 2 amide bonds. The number of rotatable bonds is 9. The summed E-state index contributed by atoms with van der Waals surface area (Å²) in [5.74, 6) is -0.761. The van der Waals surface area contributed by atoms with Gasteiger partial charge in [0.2, 0.25) is 21.8 Å². The van der Waals surface area contributed by atoms with Gasteiger partial charge >= 0.3 is 0 Å². The van der Waals surface area contributed by atoms with Crippen molar-refractivity contribution in [3.05, 3.63) is 63.6 Å². The number of halogens is 1. The second-order valence-electron chi connectivity index (χ2n) is 7.71. The van der Waals surface area contributed by atoms with Gasteiger partial charge in [-0.2, -0.15) is 0 Å². The van der Waals surface area contributed by atoms with E-state index in [1.165, 1.54) is 4.90 Å². The molecule has 0 fully saturated rings. The topological polar surface area (TPSA) is 86.8 Å². The Bertz CT molecular complexity index is 1090. The molecule has 2 aromatic carbocycles. The van der Waals surface area contributed by atoms with Gasteiger partial charge in [0.15, 0.2) is 0 Å². The highest BCUT2D eigenvalue weighted by Crippen LogP contribution is 2.25. The lowest BCUT2D eigenvalue weighted by atomic mass is 10.1. The first kappa shape index (κ1) is 25.9. The van der Waals surface area contributed by atoms with Crippen LogP contribution in [0.4, 0.5) is 5.69 Å². The van der Waals surface area contributed by atoms with Crippen molar-refractivity contribution >= 4 is 43.5 Å². The second-order valence-corrected chi connectivity index (χ2v) is 10.5. The number of carbonyl (C=O) groups is 2. The van der Waals surface area contributed by atoms with Crippen LogP contribution in [0.1, 0.15) is 30.5 Å². The number of likely N-dealkylation sites (N-methyl/N-ethyl adjacent to an activating group) is 1. The zero-order valence-corrected chi connectivity index (χ0v) is 21.5. The van der Waals surface area contributed by atoms with Crippen LogP contribution in [-0.2, 0) is 26.2 Å². The Kier molecular flexibility index (Phi) is 8.86. The number of sulfonamides is 1. The van der Waals surface area contributed by atoms with Crippen molar-refractivity contribution in [2.24, 2.45) is 0 Å². The van der Waals surface area contributed by atoms with Crippen molar-refractivity contribution in [1.29, 1.82) is 0 Å². The standard InChI is InChI=1S/C23H30BrN3O4S/c1-6-25-23(29)18(4)26(14-19-10-8-11-20(24)13-19)22(28)15-27(32(5,30)31)21-12-7-9-16(2)17(21)3/h7-13,18H,6,14-15H2,1-5H3,(H,25,29)/t18-/m1/s1. The molecule has 0 spiro atoms. The number of nitrogens with zero attached hydrogens (tertiary/aromatic N) is 2. The lowest BCUT2D eigenvalue weighted by Gasteiger charge is -2.32. The van der Waals surface area contributed by atoms with Gasteiger partial charge in [0.05, 0.1) is 11.9 Å². The molecule has 0 saturated heterocycles. The molecule has 0 radical (unpaired) electrons. The number of amides is 2. The maximum absolute atomic E-state index is 13.4. The minimum atomic E-state index is -3.74. The molecular formula is C23H30BrN3O4S. The summed E-state index contributed by atoms with van der Waals surface area (Å²) in [6, 6.07) is 12.0. The molecular weight excluding hydrogens is 494 g/mol. The van der Waals surface area contributed by atoms with Crippen LogP contribution in [0.15, 0.2) is 46.9 Å². The van der Waals surface area contributed by atoms with E-state index in [1.54, 1.807) is 26.0 Å². The van der Waals surface area contributed by atoms with E-state index in [2.05, 4.69) is 21.2 Å². The van der Waals surface area contributed by atoms with Gasteiger partial charge in [-0.3, -0.25) is 13.9 Å². The molecule has 174 valence electrons. The summed E-state index contributed by atoms with van der Waals surface area (Å²) < 4.78 is 27.2. The van der Waals surface area contributed by atoms with Crippen molar-refractivity contribution in [3.63, 3.8) is 0 Å². The van der Waals surface area contributed by atoms with Gasteiger partial charge in [0, 0.05) is 17.6 Å². The van der Waals surface area contributed by atoms with Crippen molar-refractivity contribution in [1.82, 2.24) is 10.2 Å². The zero-order chi connectivity index (χ0) is 24.1. The Balaban J connectivity index is 2.43. The number of hydrogen-bond donors (Lipinski definition) is 1. The van der Waals surface area contributed by atoms with Gasteiger partial charge in [-0.05, 0) is 62.6 Å². The highest BCUT2D eigenvalue weighted by Gasteiger charge is 2.30. The fourth-order valence-electron chi connectivity index (χ4n) is 3.34. The summed E-state index contributed by atoms with van der Waals surface area (Å²) in [4.78, 5) is 27.4. The van der Waals surface area contributed by atoms with E-state index in [0.717, 1.165) is 31.7 Å². The summed E-state index contributed by atoms with van der Waals surface area (Å²) >= 11 is 3.42. The number of carbonyl (C=O) groups excluding carboxylic acids is 2. The van der Waals surface area contributed by atoms with Crippen LogP contribution < -0.4 is 9.62 Å². The van der Waals surface area contributed by atoms with Crippen molar-refractivity contribution < 1.29 is 18.0 Å². The monoisotopic (exact) mass is 523 g/mol. The molecule has 0 unspecified atom stereocenters. The molecule has 0 bridgehead atoms. The summed E-state index contributed by atoms with van der Waals surface area (Å²) in [6.07, 6.45) is 1.08. The van der Waals surface area contributed by atoms with Crippen LogP contribution in [0.3, 0.4) is 0 Å². The summed E-state index contributed by atoms with van der Waals surface area (Å²) in [5, 5.41) is 2.74. The minimum absolute atomic E-state index is 0.168. The molecule has 2 rings (SSSR count). The molecule has 32 heavy (non-hydrogen) atoms. The lowest BCUT2D eigenvalue weighted by molar-refractivity contribution is -0.139. The minimum Gasteiger partial charge on any atom is -0.355 e. The first-order valence-electron chi connectivity index (χ1n) is 10.3. The average Bonchev–Trinajstić information content (AvgIpc) is 2.71. The van der Waals surface area contributed by atoms with Gasteiger partial charge in [-0.1, -0.05) is 40.2 Å². The van der Waals surface area contributed by atoms with Crippen LogP contribution in [0.2, 0.25) is 0 Å². The van der Waals surface area contributed by atoms with Gasteiger partial charge in [0.1, 0.15) is 12.6 Å². The third kappa shape index (κ3) is 6.56. The molecule has 0 heterocycles. The fraction of sp³-hybridized carbons (Fsp3) is 0.391. The molecule has 2 aromatic rings. The van der Waals surface area contributed by atoms with E-state index in [0.29, 0.717) is 12.2 Å². The van der Waals surface area contributed by atoms with Crippen molar-refractivity contribution in [2.75, 3.05) is 23.7 Å². The molecule has 9 heteroatoms. The maximum Gasteiger partial charge on any atom is 0.244 e. The van der Waals surface area contributed by atoms with Crippen LogP contribution in [0, 0.1) is 13.8 Å². The third-order valence-corrected chi connectivity index (χ3v) is 6.90.